The Bertz CT molecular complexity index is 405. The molecule has 1 heterocycles. The Morgan fingerprint density at radius 2 is 2.06 bits per heavy atom. The molecule has 0 atom stereocenters. The van der Waals surface area contributed by atoms with Crippen LogP contribution in [0.3, 0.4) is 0 Å². The highest BCUT2D eigenvalue weighted by molar-refractivity contribution is 8.13. The molecule has 0 N–H and O–H groups in total. The largest absolute Gasteiger partial charge is 0.288 e. The summed E-state index contributed by atoms with van der Waals surface area (Å²) in [6.07, 6.45) is 2.15. The number of amides is 2. The lowest BCUT2D eigenvalue weighted by molar-refractivity contribution is -0.127. The van der Waals surface area contributed by atoms with Gasteiger partial charge in [0.2, 0.25) is 5.91 Å². The monoisotopic (exact) mass is 249 g/mol. The normalized spacial score (nSPS) is 15.3. The van der Waals surface area contributed by atoms with E-state index in [0.717, 1.165) is 18.6 Å². The fourth-order valence-corrected chi connectivity index (χ4v) is 2.64. The van der Waals surface area contributed by atoms with E-state index >= 15 is 0 Å². The second kappa shape index (κ2) is 5.87. The molecule has 1 saturated heterocycles. The Kier molecular flexibility index (Phi) is 4.20. The molecule has 1 aliphatic rings. The fourth-order valence-electron chi connectivity index (χ4n) is 1.84. The topological polar surface area (TPSA) is 37.4 Å². The molecule has 0 spiro atoms. The van der Waals surface area contributed by atoms with Gasteiger partial charge in [-0.3, -0.25) is 14.5 Å². The summed E-state index contributed by atoms with van der Waals surface area (Å²) in [4.78, 5) is 24.4. The Labute approximate surface area is 105 Å². The number of hydrogen-bond acceptors (Lipinski definition) is 3. The van der Waals surface area contributed by atoms with Crippen LogP contribution in [0.25, 0.3) is 0 Å². The Morgan fingerprint density at radius 1 is 1.29 bits per heavy atom. The first kappa shape index (κ1) is 12.2. The number of rotatable bonds is 4. The summed E-state index contributed by atoms with van der Waals surface area (Å²) in [5.74, 6) is 0.708. The number of nitrogens with zero attached hydrogens (tertiary/aromatic N) is 1. The number of thioether (sulfide) groups is 1. The smallest absolute Gasteiger partial charge is 0.274 e. The van der Waals surface area contributed by atoms with Gasteiger partial charge in [-0.25, -0.2) is 0 Å². The highest BCUT2D eigenvalue weighted by Gasteiger charge is 2.26. The molecule has 0 aromatic heterocycles. The van der Waals surface area contributed by atoms with E-state index < -0.39 is 0 Å². The molecule has 0 radical (unpaired) electrons. The van der Waals surface area contributed by atoms with E-state index in [1.165, 1.54) is 22.2 Å². The van der Waals surface area contributed by atoms with Crippen molar-refractivity contribution in [3.8, 4) is 0 Å². The summed E-state index contributed by atoms with van der Waals surface area (Å²) in [6, 6.07) is 10.1. The van der Waals surface area contributed by atoms with Crippen LogP contribution in [-0.4, -0.2) is 28.3 Å². The maximum absolute atomic E-state index is 11.7. The van der Waals surface area contributed by atoms with Crippen molar-refractivity contribution in [3.63, 3.8) is 0 Å². The first-order valence-corrected chi connectivity index (χ1v) is 6.77. The third-order valence-electron chi connectivity index (χ3n) is 2.76. The molecule has 0 aliphatic carbocycles. The van der Waals surface area contributed by atoms with Gasteiger partial charge < -0.3 is 0 Å². The minimum Gasteiger partial charge on any atom is -0.274 e. The zero-order chi connectivity index (χ0) is 12.1. The summed E-state index contributed by atoms with van der Waals surface area (Å²) in [6.45, 7) is 0.577. The summed E-state index contributed by atoms with van der Waals surface area (Å²) in [7, 11) is 0. The summed E-state index contributed by atoms with van der Waals surface area (Å²) in [5, 5.41) is -0.0882. The van der Waals surface area contributed by atoms with Crippen LogP contribution in [0.4, 0.5) is 4.79 Å². The van der Waals surface area contributed by atoms with Gasteiger partial charge in [0.25, 0.3) is 5.24 Å². The van der Waals surface area contributed by atoms with Crippen molar-refractivity contribution in [1.82, 2.24) is 4.90 Å². The van der Waals surface area contributed by atoms with E-state index in [1.54, 1.807) is 0 Å². The van der Waals surface area contributed by atoms with E-state index in [1.807, 2.05) is 18.2 Å². The van der Waals surface area contributed by atoms with Crippen LogP contribution in [-0.2, 0) is 11.2 Å². The van der Waals surface area contributed by atoms with Crippen LogP contribution in [0, 0.1) is 0 Å². The molecular weight excluding hydrogens is 234 g/mol. The van der Waals surface area contributed by atoms with E-state index in [-0.39, 0.29) is 11.1 Å². The van der Waals surface area contributed by atoms with Gasteiger partial charge in [0.05, 0.1) is 0 Å². The lowest BCUT2D eigenvalue weighted by Crippen LogP contribution is -2.30. The van der Waals surface area contributed by atoms with Crippen molar-refractivity contribution in [2.75, 3.05) is 12.3 Å². The maximum Gasteiger partial charge on any atom is 0.288 e. The first-order chi connectivity index (χ1) is 8.27. The van der Waals surface area contributed by atoms with Crippen molar-refractivity contribution < 1.29 is 9.59 Å². The van der Waals surface area contributed by atoms with Gasteiger partial charge in [-0.1, -0.05) is 42.1 Å². The number of carbonyl (C=O) groups excluding carboxylic acids is 2. The number of aryl methyl sites for hydroxylation is 1. The zero-order valence-corrected chi connectivity index (χ0v) is 10.4. The maximum atomic E-state index is 11.7. The third-order valence-corrected chi connectivity index (χ3v) is 3.61. The molecule has 2 amide bonds. The van der Waals surface area contributed by atoms with Crippen LogP contribution in [0.1, 0.15) is 18.4 Å². The molecule has 1 aromatic carbocycles. The highest BCUT2D eigenvalue weighted by atomic mass is 32.2. The quantitative estimate of drug-likeness (QED) is 0.823. The van der Waals surface area contributed by atoms with Gasteiger partial charge in [-0.2, -0.15) is 0 Å². The van der Waals surface area contributed by atoms with Gasteiger partial charge >= 0.3 is 0 Å². The van der Waals surface area contributed by atoms with Crippen LogP contribution in [0.15, 0.2) is 30.3 Å². The van der Waals surface area contributed by atoms with Gasteiger partial charge in [-0.15, -0.1) is 0 Å². The summed E-state index contributed by atoms with van der Waals surface area (Å²) < 4.78 is 0. The second-order valence-corrected chi connectivity index (χ2v) is 5.05. The molecule has 1 fully saturated rings. The molecule has 0 bridgehead atoms. The molecule has 4 heteroatoms. The average Bonchev–Trinajstić information content (AvgIpc) is 2.77. The standard InChI is InChI=1S/C13H15NO2S/c15-12(14-9-10-17-13(14)16)8-4-7-11-5-2-1-3-6-11/h1-3,5-6H,4,7-10H2. The zero-order valence-electron chi connectivity index (χ0n) is 9.59. The van der Waals surface area contributed by atoms with Crippen LogP contribution in [0.2, 0.25) is 0 Å². The van der Waals surface area contributed by atoms with E-state index in [4.69, 9.17) is 0 Å². The lowest BCUT2D eigenvalue weighted by atomic mass is 10.1. The minimum atomic E-state index is -0.0882. The van der Waals surface area contributed by atoms with Crippen molar-refractivity contribution in [2.24, 2.45) is 0 Å². The lowest BCUT2D eigenvalue weighted by Gasteiger charge is -2.11. The first-order valence-electron chi connectivity index (χ1n) is 5.78. The summed E-state index contributed by atoms with van der Waals surface area (Å²) >= 11 is 1.23. The molecular formula is C13H15NO2S. The predicted molar refractivity (Wildman–Crippen MR) is 68.9 cm³/mol. The van der Waals surface area contributed by atoms with Crippen molar-refractivity contribution in [3.05, 3.63) is 35.9 Å². The molecule has 0 saturated carbocycles. The second-order valence-electron chi connectivity index (χ2n) is 4.00. The molecule has 2 rings (SSSR count). The molecule has 1 aliphatic heterocycles. The molecule has 1 aromatic rings. The van der Waals surface area contributed by atoms with Crippen LogP contribution < -0.4 is 0 Å². The van der Waals surface area contributed by atoms with Crippen LogP contribution >= 0.6 is 11.8 Å². The highest BCUT2D eigenvalue weighted by Crippen LogP contribution is 2.18. The minimum absolute atomic E-state index is 0.0315. The van der Waals surface area contributed by atoms with Crippen molar-refractivity contribution in [2.45, 2.75) is 19.3 Å². The van der Waals surface area contributed by atoms with E-state index in [2.05, 4.69) is 12.1 Å². The number of benzene rings is 1. The number of carbonyl (C=O) groups is 2. The molecule has 90 valence electrons. The summed E-state index contributed by atoms with van der Waals surface area (Å²) in [5.41, 5.74) is 1.24. The fraction of sp³-hybridized carbons (Fsp3) is 0.385. The van der Waals surface area contributed by atoms with Crippen LogP contribution in [0.5, 0.6) is 0 Å². The number of imide groups is 1. The Hall–Kier alpha value is -1.29. The third kappa shape index (κ3) is 3.33. The average molecular weight is 249 g/mol. The van der Waals surface area contributed by atoms with E-state index in [9.17, 15) is 9.59 Å². The Balaban J connectivity index is 1.75. The van der Waals surface area contributed by atoms with Gasteiger partial charge in [-0.05, 0) is 18.4 Å². The number of hydrogen-bond donors (Lipinski definition) is 0. The SMILES string of the molecule is O=C(CCCc1ccccc1)N1CCSC1=O. The predicted octanol–water partition coefficient (Wildman–Crippen LogP) is 2.70. The van der Waals surface area contributed by atoms with E-state index in [0.29, 0.717) is 13.0 Å². The molecule has 3 nitrogen and oxygen atoms in total. The molecule has 17 heavy (non-hydrogen) atoms. The van der Waals surface area contributed by atoms with Crippen molar-refractivity contribution in [1.29, 1.82) is 0 Å². The van der Waals surface area contributed by atoms with Gasteiger partial charge in [0.15, 0.2) is 0 Å². The van der Waals surface area contributed by atoms with Gasteiger partial charge in [0.1, 0.15) is 0 Å². The van der Waals surface area contributed by atoms with Crippen molar-refractivity contribution >= 4 is 22.9 Å². The Morgan fingerprint density at radius 3 is 2.71 bits per heavy atom. The van der Waals surface area contributed by atoms with Gasteiger partial charge in [0, 0.05) is 18.7 Å². The molecule has 0 unspecified atom stereocenters.